The van der Waals surface area contributed by atoms with E-state index < -0.39 is 10.0 Å². The van der Waals surface area contributed by atoms with Crippen LogP contribution in [-0.4, -0.2) is 14.5 Å². The highest BCUT2D eigenvalue weighted by molar-refractivity contribution is 7.89. The van der Waals surface area contributed by atoms with Crippen molar-refractivity contribution >= 4 is 10.0 Å². The molecular formula is C10H16N2O3S. The van der Waals surface area contributed by atoms with Gasteiger partial charge in [-0.2, -0.15) is 0 Å². The molecule has 6 heteroatoms. The van der Waals surface area contributed by atoms with E-state index in [2.05, 4.69) is 12.2 Å². The molecule has 3 N–H and O–H groups in total. The van der Waals surface area contributed by atoms with Crippen LogP contribution in [0.5, 0.6) is 0 Å². The molecule has 1 aromatic rings. The van der Waals surface area contributed by atoms with Gasteiger partial charge in [-0.15, -0.1) is 0 Å². The van der Waals surface area contributed by atoms with Crippen LogP contribution in [0.2, 0.25) is 0 Å². The normalized spacial score (nSPS) is 24.6. The van der Waals surface area contributed by atoms with E-state index in [-0.39, 0.29) is 5.09 Å². The highest BCUT2D eigenvalue weighted by Crippen LogP contribution is 2.33. The van der Waals surface area contributed by atoms with Crippen LogP contribution in [0.25, 0.3) is 0 Å². The topological polar surface area (TPSA) is 85.3 Å². The molecule has 1 aliphatic rings. The highest BCUT2D eigenvalue weighted by atomic mass is 32.2. The molecule has 90 valence electrons. The van der Waals surface area contributed by atoms with Gasteiger partial charge in [0.25, 0.3) is 10.0 Å². The Kier molecular flexibility index (Phi) is 3.05. The van der Waals surface area contributed by atoms with Crippen LogP contribution in [0, 0.1) is 5.92 Å². The summed E-state index contributed by atoms with van der Waals surface area (Å²) in [5.41, 5.74) is 0. The van der Waals surface area contributed by atoms with E-state index in [1.165, 1.54) is 18.9 Å². The fraction of sp³-hybridized carbons (Fsp3) is 0.600. The lowest BCUT2D eigenvalue weighted by atomic mass is 10.3. The molecule has 0 radical (unpaired) electrons. The molecule has 0 amide bonds. The van der Waals surface area contributed by atoms with Crippen molar-refractivity contribution in [1.82, 2.24) is 5.32 Å². The number of sulfonamides is 1. The van der Waals surface area contributed by atoms with Crippen LogP contribution in [0.15, 0.2) is 21.6 Å². The average molecular weight is 244 g/mol. The molecule has 1 fully saturated rings. The minimum Gasteiger partial charge on any atom is -0.447 e. The summed E-state index contributed by atoms with van der Waals surface area (Å²) in [5, 5.41) is 8.08. The van der Waals surface area contributed by atoms with Gasteiger partial charge in [0.05, 0.1) is 6.54 Å². The number of furan rings is 1. The lowest BCUT2D eigenvalue weighted by Crippen LogP contribution is -2.17. The Morgan fingerprint density at radius 2 is 2.31 bits per heavy atom. The molecule has 1 aliphatic carbocycles. The Balaban J connectivity index is 1.89. The fourth-order valence-electron chi connectivity index (χ4n) is 1.79. The predicted octanol–water partition coefficient (Wildman–Crippen LogP) is 0.815. The van der Waals surface area contributed by atoms with Gasteiger partial charge < -0.3 is 9.73 Å². The molecule has 5 nitrogen and oxygen atoms in total. The third-order valence-electron chi connectivity index (χ3n) is 2.90. The van der Waals surface area contributed by atoms with E-state index in [1.807, 2.05) is 0 Å². The van der Waals surface area contributed by atoms with Crippen LogP contribution in [-0.2, 0) is 16.6 Å². The summed E-state index contributed by atoms with van der Waals surface area (Å²) in [5.74, 6) is 1.36. The largest absolute Gasteiger partial charge is 0.447 e. The maximum absolute atomic E-state index is 11.0. The Morgan fingerprint density at radius 1 is 1.56 bits per heavy atom. The summed E-state index contributed by atoms with van der Waals surface area (Å²) in [6.45, 7) is 2.72. The van der Waals surface area contributed by atoms with Gasteiger partial charge in [0, 0.05) is 6.04 Å². The first kappa shape index (κ1) is 11.6. The van der Waals surface area contributed by atoms with Gasteiger partial charge >= 0.3 is 0 Å². The maximum atomic E-state index is 11.0. The van der Waals surface area contributed by atoms with Gasteiger partial charge in [-0.05, 0) is 24.5 Å². The number of hydrogen-bond donors (Lipinski definition) is 2. The van der Waals surface area contributed by atoms with Crippen molar-refractivity contribution in [3.05, 3.63) is 17.9 Å². The van der Waals surface area contributed by atoms with Crippen LogP contribution in [0.3, 0.4) is 0 Å². The summed E-state index contributed by atoms with van der Waals surface area (Å²) < 4.78 is 27.0. The Morgan fingerprint density at radius 3 is 2.81 bits per heavy atom. The minimum atomic E-state index is -3.71. The molecule has 1 aromatic heterocycles. The maximum Gasteiger partial charge on any atom is 0.271 e. The van der Waals surface area contributed by atoms with Gasteiger partial charge in [-0.3, -0.25) is 0 Å². The third kappa shape index (κ3) is 2.63. The third-order valence-corrected chi connectivity index (χ3v) is 3.68. The standard InChI is InChI=1S/C10H16N2O3S/c1-2-7-5-9(7)12-6-8-3-4-10(15-8)16(11,13)14/h3-4,7,9,12H,2,5-6H2,1H3,(H2,11,13,14). The van der Waals surface area contributed by atoms with Crippen molar-refractivity contribution in [3.8, 4) is 0 Å². The zero-order chi connectivity index (χ0) is 11.8. The second-order valence-corrected chi connectivity index (χ2v) is 5.65. The Hall–Kier alpha value is -0.850. The molecule has 2 unspecified atom stereocenters. The van der Waals surface area contributed by atoms with Crippen molar-refractivity contribution in [2.75, 3.05) is 0 Å². The Labute approximate surface area is 95.1 Å². The first-order valence-electron chi connectivity index (χ1n) is 5.35. The van der Waals surface area contributed by atoms with E-state index >= 15 is 0 Å². The van der Waals surface area contributed by atoms with Gasteiger partial charge in [0.2, 0.25) is 5.09 Å². The van der Waals surface area contributed by atoms with E-state index in [4.69, 9.17) is 9.56 Å². The highest BCUT2D eigenvalue weighted by Gasteiger charge is 2.34. The summed E-state index contributed by atoms with van der Waals surface area (Å²) >= 11 is 0. The number of nitrogens with one attached hydrogen (secondary N) is 1. The van der Waals surface area contributed by atoms with Crippen LogP contribution < -0.4 is 10.5 Å². The first-order valence-corrected chi connectivity index (χ1v) is 6.90. The van der Waals surface area contributed by atoms with E-state index in [0.717, 1.165) is 5.92 Å². The van der Waals surface area contributed by atoms with E-state index in [9.17, 15) is 8.42 Å². The zero-order valence-electron chi connectivity index (χ0n) is 9.14. The van der Waals surface area contributed by atoms with Crippen LogP contribution in [0.4, 0.5) is 0 Å². The van der Waals surface area contributed by atoms with Gasteiger partial charge in [-0.25, -0.2) is 13.6 Å². The van der Waals surface area contributed by atoms with Crippen molar-refractivity contribution in [2.45, 2.75) is 37.4 Å². The molecule has 1 saturated carbocycles. The number of primary sulfonamides is 1. The zero-order valence-corrected chi connectivity index (χ0v) is 9.96. The molecule has 2 atom stereocenters. The quantitative estimate of drug-likeness (QED) is 0.802. The second-order valence-electron chi connectivity index (χ2n) is 4.16. The van der Waals surface area contributed by atoms with Gasteiger partial charge in [0.1, 0.15) is 5.76 Å². The van der Waals surface area contributed by atoms with Crippen molar-refractivity contribution in [1.29, 1.82) is 0 Å². The lowest BCUT2D eigenvalue weighted by molar-refractivity contribution is 0.400. The molecule has 0 spiro atoms. The molecule has 0 aromatic carbocycles. The van der Waals surface area contributed by atoms with Gasteiger partial charge in [-0.1, -0.05) is 13.3 Å². The molecule has 2 rings (SSSR count). The molecule has 0 saturated heterocycles. The monoisotopic (exact) mass is 244 g/mol. The molecule has 1 heterocycles. The number of nitrogens with two attached hydrogens (primary N) is 1. The van der Waals surface area contributed by atoms with Crippen LogP contribution in [0.1, 0.15) is 25.5 Å². The smallest absolute Gasteiger partial charge is 0.271 e. The second kappa shape index (κ2) is 4.20. The molecular weight excluding hydrogens is 228 g/mol. The first-order chi connectivity index (χ1) is 7.50. The lowest BCUT2D eigenvalue weighted by Gasteiger charge is -2.00. The summed E-state index contributed by atoms with van der Waals surface area (Å²) in [7, 11) is -3.71. The summed E-state index contributed by atoms with van der Waals surface area (Å²) in [6, 6.07) is 3.57. The van der Waals surface area contributed by atoms with Crippen molar-refractivity contribution in [2.24, 2.45) is 11.1 Å². The molecule has 16 heavy (non-hydrogen) atoms. The number of rotatable bonds is 5. The SMILES string of the molecule is CCC1CC1NCc1ccc(S(N)(=O)=O)o1. The number of hydrogen-bond acceptors (Lipinski definition) is 4. The summed E-state index contributed by atoms with van der Waals surface area (Å²) in [6.07, 6.45) is 2.37. The Bertz CT molecular complexity index is 466. The van der Waals surface area contributed by atoms with E-state index in [1.54, 1.807) is 6.07 Å². The van der Waals surface area contributed by atoms with E-state index in [0.29, 0.717) is 18.3 Å². The molecule has 0 bridgehead atoms. The minimum absolute atomic E-state index is 0.174. The van der Waals surface area contributed by atoms with Crippen LogP contribution >= 0.6 is 0 Å². The molecule has 0 aliphatic heterocycles. The van der Waals surface area contributed by atoms with Crippen molar-refractivity contribution < 1.29 is 12.8 Å². The predicted molar refractivity (Wildman–Crippen MR) is 59.1 cm³/mol. The average Bonchev–Trinajstić information content (AvgIpc) is 2.79. The summed E-state index contributed by atoms with van der Waals surface area (Å²) in [4.78, 5) is 0. The fourth-order valence-corrected chi connectivity index (χ4v) is 2.27. The van der Waals surface area contributed by atoms with Gasteiger partial charge in [0.15, 0.2) is 0 Å². The van der Waals surface area contributed by atoms with Crippen molar-refractivity contribution in [3.63, 3.8) is 0 Å².